The van der Waals surface area contributed by atoms with Crippen LogP contribution in [0.15, 0.2) is 0 Å². The maximum Gasteiger partial charge on any atom is 0.239 e. The average Bonchev–Trinajstić information content (AvgIpc) is 2.35. The summed E-state index contributed by atoms with van der Waals surface area (Å²) in [5.41, 5.74) is 0. The summed E-state index contributed by atoms with van der Waals surface area (Å²) in [6.45, 7) is 9.91. The Labute approximate surface area is 118 Å². The molecule has 1 N–H and O–H groups in total. The summed E-state index contributed by atoms with van der Waals surface area (Å²) in [7, 11) is 0. The third kappa shape index (κ3) is 3.50. The molecule has 3 heteroatoms. The minimum Gasteiger partial charge on any atom is -0.338 e. The van der Waals surface area contributed by atoms with Crippen molar-refractivity contribution in [2.45, 2.75) is 77.9 Å². The van der Waals surface area contributed by atoms with Crippen molar-refractivity contribution in [1.29, 1.82) is 0 Å². The molecule has 0 aromatic heterocycles. The van der Waals surface area contributed by atoms with Gasteiger partial charge in [0.15, 0.2) is 0 Å². The Morgan fingerprint density at radius 3 is 2.53 bits per heavy atom. The Bertz CT molecular complexity index is 316. The average molecular weight is 266 g/mol. The predicted molar refractivity (Wildman–Crippen MR) is 79.0 cm³/mol. The number of likely N-dealkylation sites (tertiary alicyclic amines) is 1. The van der Waals surface area contributed by atoms with Crippen molar-refractivity contribution < 1.29 is 4.79 Å². The van der Waals surface area contributed by atoms with E-state index >= 15 is 0 Å². The molecule has 3 nitrogen and oxygen atoms in total. The van der Waals surface area contributed by atoms with Crippen molar-refractivity contribution in [3.05, 3.63) is 0 Å². The van der Waals surface area contributed by atoms with Crippen LogP contribution in [0.4, 0.5) is 0 Å². The second-order valence-electron chi connectivity index (χ2n) is 6.97. The summed E-state index contributed by atoms with van der Waals surface area (Å²) in [5, 5.41) is 3.43. The van der Waals surface area contributed by atoms with E-state index in [0.29, 0.717) is 18.0 Å². The van der Waals surface area contributed by atoms with Crippen molar-refractivity contribution in [1.82, 2.24) is 10.2 Å². The number of hydrogen-bond donors (Lipinski definition) is 1. The van der Waals surface area contributed by atoms with Gasteiger partial charge in [-0.05, 0) is 43.9 Å². The van der Waals surface area contributed by atoms with Gasteiger partial charge < -0.3 is 10.2 Å². The van der Waals surface area contributed by atoms with E-state index in [9.17, 15) is 4.79 Å². The number of nitrogens with zero attached hydrogens (tertiary/aromatic N) is 1. The summed E-state index contributed by atoms with van der Waals surface area (Å²) in [6, 6.07) is 0.943. The molecule has 0 bridgehead atoms. The van der Waals surface area contributed by atoms with Gasteiger partial charge in [0.2, 0.25) is 5.91 Å². The van der Waals surface area contributed by atoms with Crippen LogP contribution in [0, 0.1) is 11.8 Å². The van der Waals surface area contributed by atoms with E-state index in [-0.39, 0.29) is 6.04 Å². The van der Waals surface area contributed by atoms with Crippen molar-refractivity contribution >= 4 is 5.91 Å². The molecule has 0 radical (unpaired) electrons. The Morgan fingerprint density at radius 1 is 1.16 bits per heavy atom. The van der Waals surface area contributed by atoms with Gasteiger partial charge in [-0.1, -0.05) is 27.7 Å². The lowest BCUT2D eigenvalue weighted by Gasteiger charge is -2.43. The summed E-state index contributed by atoms with van der Waals surface area (Å²) >= 11 is 0. The van der Waals surface area contributed by atoms with Gasteiger partial charge >= 0.3 is 0 Å². The van der Waals surface area contributed by atoms with Crippen molar-refractivity contribution in [2.24, 2.45) is 11.8 Å². The summed E-state index contributed by atoms with van der Waals surface area (Å²) in [5.74, 6) is 1.93. The van der Waals surface area contributed by atoms with Crippen LogP contribution in [0.1, 0.15) is 59.8 Å². The zero-order valence-electron chi connectivity index (χ0n) is 13.0. The van der Waals surface area contributed by atoms with E-state index < -0.39 is 0 Å². The first-order chi connectivity index (χ1) is 8.99. The van der Waals surface area contributed by atoms with Crippen molar-refractivity contribution in [3.8, 4) is 0 Å². The fourth-order valence-corrected chi connectivity index (χ4v) is 3.62. The van der Waals surface area contributed by atoms with E-state index in [1.807, 2.05) is 0 Å². The molecule has 0 aromatic carbocycles. The van der Waals surface area contributed by atoms with Crippen LogP contribution in [0.2, 0.25) is 0 Å². The summed E-state index contributed by atoms with van der Waals surface area (Å²) in [4.78, 5) is 14.8. The molecule has 0 aromatic rings. The smallest absolute Gasteiger partial charge is 0.239 e. The maximum absolute atomic E-state index is 12.6. The lowest BCUT2D eigenvalue weighted by Crippen LogP contribution is -2.56. The molecule has 2 rings (SSSR count). The highest BCUT2D eigenvalue weighted by atomic mass is 16.2. The minimum atomic E-state index is 0.0587. The molecular formula is C16H30N2O. The molecule has 1 saturated carbocycles. The van der Waals surface area contributed by atoms with Gasteiger partial charge in [0.25, 0.3) is 0 Å². The van der Waals surface area contributed by atoms with E-state index in [4.69, 9.17) is 0 Å². The van der Waals surface area contributed by atoms with Crippen LogP contribution < -0.4 is 5.32 Å². The van der Waals surface area contributed by atoms with Gasteiger partial charge in [0.1, 0.15) is 0 Å². The van der Waals surface area contributed by atoms with Crippen molar-refractivity contribution in [2.75, 3.05) is 6.54 Å². The van der Waals surface area contributed by atoms with E-state index in [0.717, 1.165) is 31.2 Å². The van der Waals surface area contributed by atoms with Gasteiger partial charge in [-0.3, -0.25) is 4.79 Å². The van der Waals surface area contributed by atoms with Gasteiger partial charge in [0.05, 0.1) is 6.04 Å². The zero-order valence-corrected chi connectivity index (χ0v) is 13.0. The SMILES string of the molecule is CC(C)NC1CCCN(C2CCC(C)C(C)C2)C1=O. The fraction of sp³-hybridized carbons (Fsp3) is 0.938. The fourth-order valence-electron chi connectivity index (χ4n) is 3.62. The molecule has 110 valence electrons. The lowest BCUT2D eigenvalue weighted by molar-refractivity contribution is -0.140. The van der Waals surface area contributed by atoms with Crippen LogP contribution in [0.25, 0.3) is 0 Å². The number of piperidine rings is 1. The summed E-state index contributed by atoms with van der Waals surface area (Å²) < 4.78 is 0. The molecule has 4 atom stereocenters. The number of carbonyl (C=O) groups is 1. The van der Waals surface area contributed by atoms with Crippen LogP contribution in [-0.4, -0.2) is 35.5 Å². The Balaban J connectivity index is 1.97. The molecule has 0 spiro atoms. The van der Waals surface area contributed by atoms with Gasteiger partial charge in [-0.2, -0.15) is 0 Å². The molecule has 1 aliphatic carbocycles. The second kappa shape index (κ2) is 6.25. The molecule has 1 aliphatic heterocycles. The van der Waals surface area contributed by atoms with Gasteiger partial charge in [0, 0.05) is 18.6 Å². The Morgan fingerprint density at radius 2 is 1.89 bits per heavy atom. The minimum absolute atomic E-state index is 0.0587. The molecule has 1 heterocycles. The number of rotatable bonds is 3. The van der Waals surface area contributed by atoms with E-state index in [1.54, 1.807) is 0 Å². The predicted octanol–water partition coefficient (Wildman–Crippen LogP) is 2.80. The first-order valence-corrected chi connectivity index (χ1v) is 8.05. The molecule has 2 aliphatic rings. The van der Waals surface area contributed by atoms with E-state index in [2.05, 4.69) is 37.9 Å². The molecule has 1 saturated heterocycles. The van der Waals surface area contributed by atoms with Crippen LogP contribution in [0.5, 0.6) is 0 Å². The Hall–Kier alpha value is -0.570. The molecule has 1 amide bonds. The lowest BCUT2D eigenvalue weighted by atomic mass is 9.78. The number of amides is 1. The third-order valence-corrected chi connectivity index (χ3v) is 5.02. The van der Waals surface area contributed by atoms with Crippen LogP contribution >= 0.6 is 0 Å². The first-order valence-electron chi connectivity index (χ1n) is 8.05. The second-order valence-corrected chi connectivity index (χ2v) is 6.97. The largest absolute Gasteiger partial charge is 0.338 e. The maximum atomic E-state index is 12.6. The van der Waals surface area contributed by atoms with Gasteiger partial charge in [-0.25, -0.2) is 0 Å². The van der Waals surface area contributed by atoms with Crippen LogP contribution in [-0.2, 0) is 4.79 Å². The molecule has 2 fully saturated rings. The molecule has 4 unspecified atom stereocenters. The summed E-state index contributed by atoms with van der Waals surface area (Å²) in [6.07, 6.45) is 5.83. The van der Waals surface area contributed by atoms with Gasteiger partial charge in [-0.15, -0.1) is 0 Å². The number of carbonyl (C=O) groups excluding carboxylic acids is 1. The normalized spacial score (nSPS) is 36.9. The topological polar surface area (TPSA) is 32.3 Å². The van der Waals surface area contributed by atoms with E-state index in [1.165, 1.54) is 19.3 Å². The zero-order chi connectivity index (χ0) is 14.0. The van der Waals surface area contributed by atoms with Crippen LogP contribution in [0.3, 0.4) is 0 Å². The quantitative estimate of drug-likeness (QED) is 0.852. The molecule has 19 heavy (non-hydrogen) atoms. The highest BCUT2D eigenvalue weighted by Crippen LogP contribution is 2.33. The number of nitrogens with one attached hydrogen (secondary N) is 1. The Kier molecular flexibility index (Phi) is 4.88. The highest BCUT2D eigenvalue weighted by Gasteiger charge is 2.36. The third-order valence-electron chi connectivity index (χ3n) is 5.02. The van der Waals surface area contributed by atoms with Crippen molar-refractivity contribution in [3.63, 3.8) is 0 Å². The standard InChI is InChI=1S/C16H30N2O/c1-11(2)17-15-6-5-9-18(16(15)19)14-8-7-12(3)13(4)10-14/h11-15,17H,5-10H2,1-4H3. The molecular weight excluding hydrogens is 236 g/mol. The monoisotopic (exact) mass is 266 g/mol. The number of hydrogen-bond acceptors (Lipinski definition) is 2. The first kappa shape index (κ1) is 14.8. The highest BCUT2D eigenvalue weighted by molar-refractivity contribution is 5.83.